The molecule has 1 amide bonds. The highest BCUT2D eigenvalue weighted by molar-refractivity contribution is 5.96. The third-order valence-corrected chi connectivity index (χ3v) is 5.04. The van der Waals surface area contributed by atoms with Crippen LogP contribution in [0.3, 0.4) is 0 Å². The van der Waals surface area contributed by atoms with Gasteiger partial charge in [-0.05, 0) is 59.5 Å². The Morgan fingerprint density at radius 2 is 1.93 bits per heavy atom. The predicted molar refractivity (Wildman–Crippen MR) is 115 cm³/mol. The van der Waals surface area contributed by atoms with Gasteiger partial charge in [0.25, 0.3) is 5.91 Å². The van der Waals surface area contributed by atoms with Crippen molar-refractivity contribution in [2.75, 3.05) is 6.61 Å². The fourth-order valence-corrected chi connectivity index (χ4v) is 3.48. The van der Waals surface area contributed by atoms with Crippen molar-refractivity contribution in [3.63, 3.8) is 0 Å². The molecule has 4 aromatic rings. The molecule has 1 atom stereocenters. The number of nitriles is 1. The van der Waals surface area contributed by atoms with E-state index in [9.17, 15) is 9.90 Å². The summed E-state index contributed by atoms with van der Waals surface area (Å²) >= 11 is 0. The van der Waals surface area contributed by atoms with Gasteiger partial charge in [0.1, 0.15) is 0 Å². The first-order chi connectivity index (χ1) is 14.7. The van der Waals surface area contributed by atoms with Crippen LogP contribution < -0.4 is 5.32 Å². The molecule has 0 aliphatic rings. The Morgan fingerprint density at radius 3 is 2.77 bits per heavy atom. The fourth-order valence-electron chi connectivity index (χ4n) is 3.48. The normalized spacial score (nSPS) is 11.7. The van der Waals surface area contributed by atoms with Crippen LogP contribution in [0.2, 0.25) is 0 Å². The Hall–Kier alpha value is -3.95. The largest absolute Gasteiger partial charge is 0.396 e. The standard InChI is InChI=1S/C24H20N4O2/c25-14-16-3-1-5-19(11-16)22(9-10-29)27-24(30)20-6-2-4-17(12-20)18-7-8-23-21(13-18)15-26-28-23/h1-8,11-13,15,22,29H,9-10H2,(H,26,28)(H,27,30). The number of aromatic amines is 1. The summed E-state index contributed by atoms with van der Waals surface area (Å²) in [6, 6.07) is 22.2. The number of hydrogen-bond donors (Lipinski definition) is 3. The summed E-state index contributed by atoms with van der Waals surface area (Å²) in [7, 11) is 0. The molecule has 148 valence electrons. The lowest BCUT2D eigenvalue weighted by Crippen LogP contribution is -2.29. The lowest BCUT2D eigenvalue weighted by molar-refractivity contribution is 0.0930. The molecule has 1 unspecified atom stereocenters. The van der Waals surface area contributed by atoms with Crippen molar-refractivity contribution in [3.05, 3.63) is 89.6 Å². The van der Waals surface area contributed by atoms with E-state index in [-0.39, 0.29) is 18.6 Å². The van der Waals surface area contributed by atoms with E-state index in [1.165, 1.54) is 0 Å². The Kier molecular flexibility index (Phi) is 5.55. The first-order valence-electron chi connectivity index (χ1n) is 9.63. The summed E-state index contributed by atoms with van der Waals surface area (Å²) in [4.78, 5) is 12.9. The second-order valence-corrected chi connectivity index (χ2v) is 7.03. The maximum absolute atomic E-state index is 12.9. The van der Waals surface area contributed by atoms with Gasteiger partial charge in [-0.15, -0.1) is 0 Å². The second-order valence-electron chi connectivity index (χ2n) is 7.03. The summed E-state index contributed by atoms with van der Waals surface area (Å²) in [6.45, 7) is -0.0769. The van der Waals surface area contributed by atoms with Crippen molar-refractivity contribution >= 4 is 16.8 Å². The van der Waals surface area contributed by atoms with E-state index < -0.39 is 0 Å². The number of fused-ring (bicyclic) bond motifs is 1. The Morgan fingerprint density at radius 1 is 1.10 bits per heavy atom. The fraction of sp³-hybridized carbons (Fsp3) is 0.125. The van der Waals surface area contributed by atoms with Gasteiger partial charge in [-0.2, -0.15) is 10.4 Å². The summed E-state index contributed by atoms with van der Waals surface area (Å²) in [6.07, 6.45) is 2.13. The molecule has 6 nitrogen and oxygen atoms in total. The number of H-pyrrole nitrogens is 1. The van der Waals surface area contributed by atoms with Crippen LogP contribution in [0.25, 0.3) is 22.0 Å². The molecule has 0 saturated heterocycles. The van der Waals surface area contributed by atoms with E-state index in [1.807, 2.05) is 42.5 Å². The molecule has 0 aliphatic heterocycles. The van der Waals surface area contributed by atoms with Crippen molar-refractivity contribution < 1.29 is 9.90 Å². The molecular formula is C24H20N4O2. The number of aliphatic hydroxyl groups is 1. The molecule has 6 heteroatoms. The summed E-state index contributed by atoms with van der Waals surface area (Å²) in [5, 5.41) is 29.5. The van der Waals surface area contributed by atoms with Crippen LogP contribution in [0.4, 0.5) is 0 Å². The minimum Gasteiger partial charge on any atom is -0.396 e. The Balaban J connectivity index is 1.59. The molecule has 30 heavy (non-hydrogen) atoms. The van der Waals surface area contributed by atoms with Crippen LogP contribution in [-0.4, -0.2) is 27.8 Å². The van der Waals surface area contributed by atoms with Crippen molar-refractivity contribution in [1.82, 2.24) is 15.5 Å². The summed E-state index contributed by atoms with van der Waals surface area (Å²) < 4.78 is 0. The maximum atomic E-state index is 12.9. The first-order valence-corrected chi connectivity index (χ1v) is 9.63. The van der Waals surface area contributed by atoms with Crippen LogP contribution in [0.15, 0.2) is 72.9 Å². The third-order valence-electron chi connectivity index (χ3n) is 5.04. The van der Waals surface area contributed by atoms with Crippen molar-refractivity contribution in [1.29, 1.82) is 5.26 Å². The number of aliphatic hydroxyl groups excluding tert-OH is 1. The second kappa shape index (κ2) is 8.60. The summed E-state index contributed by atoms with van der Waals surface area (Å²) in [5.41, 5.74) is 4.71. The highest BCUT2D eigenvalue weighted by atomic mass is 16.3. The topological polar surface area (TPSA) is 102 Å². The predicted octanol–water partition coefficient (Wildman–Crippen LogP) is 3.96. The van der Waals surface area contributed by atoms with E-state index in [2.05, 4.69) is 21.6 Å². The number of nitrogens with zero attached hydrogens (tertiary/aromatic N) is 2. The molecular weight excluding hydrogens is 376 g/mol. The van der Waals surface area contributed by atoms with Gasteiger partial charge in [-0.25, -0.2) is 0 Å². The number of rotatable bonds is 6. The smallest absolute Gasteiger partial charge is 0.251 e. The third kappa shape index (κ3) is 4.07. The van der Waals surface area contributed by atoms with E-state index in [4.69, 9.17) is 5.26 Å². The van der Waals surface area contributed by atoms with Crippen LogP contribution in [0.1, 0.15) is 33.9 Å². The number of aromatic nitrogens is 2. The monoisotopic (exact) mass is 396 g/mol. The lowest BCUT2D eigenvalue weighted by Gasteiger charge is -2.19. The Bertz CT molecular complexity index is 1240. The molecule has 0 bridgehead atoms. The van der Waals surface area contributed by atoms with Crippen molar-refractivity contribution in [2.45, 2.75) is 12.5 Å². The molecule has 3 aromatic carbocycles. The molecule has 0 aliphatic carbocycles. The van der Waals surface area contributed by atoms with E-state index in [1.54, 1.807) is 30.5 Å². The molecule has 3 N–H and O–H groups in total. The average Bonchev–Trinajstić information content (AvgIpc) is 3.27. The van der Waals surface area contributed by atoms with Gasteiger partial charge in [-0.1, -0.05) is 30.3 Å². The quantitative estimate of drug-likeness (QED) is 0.459. The van der Waals surface area contributed by atoms with Crippen LogP contribution in [0, 0.1) is 11.3 Å². The first kappa shape index (κ1) is 19.4. The van der Waals surface area contributed by atoms with Gasteiger partial charge in [0.2, 0.25) is 0 Å². The molecule has 0 saturated carbocycles. The summed E-state index contributed by atoms with van der Waals surface area (Å²) in [5.74, 6) is -0.234. The minimum atomic E-state index is -0.387. The van der Waals surface area contributed by atoms with E-state index in [0.717, 1.165) is 27.6 Å². The van der Waals surface area contributed by atoms with E-state index in [0.29, 0.717) is 17.5 Å². The SMILES string of the molecule is N#Cc1cccc(C(CCO)NC(=O)c2cccc(-c3ccc4[nH]ncc4c3)c2)c1. The zero-order valence-corrected chi connectivity index (χ0v) is 16.2. The van der Waals surface area contributed by atoms with Gasteiger partial charge in [-0.3, -0.25) is 9.89 Å². The van der Waals surface area contributed by atoms with Gasteiger partial charge in [0, 0.05) is 17.6 Å². The highest BCUT2D eigenvalue weighted by Gasteiger charge is 2.16. The molecule has 4 rings (SSSR count). The molecule has 1 heterocycles. The molecule has 1 aromatic heterocycles. The minimum absolute atomic E-state index is 0.0769. The number of hydrogen-bond acceptors (Lipinski definition) is 4. The van der Waals surface area contributed by atoms with Crippen LogP contribution in [-0.2, 0) is 0 Å². The maximum Gasteiger partial charge on any atom is 0.251 e. The molecule has 0 spiro atoms. The van der Waals surface area contributed by atoms with Crippen LogP contribution >= 0.6 is 0 Å². The van der Waals surface area contributed by atoms with Crippen molar-refractivity contribution in [3.8, 4) is 17.2 Å². The number of benzene rings is 3. The van der Waals surface area contributed by atoms with Gasteiger partial charge >= 0.3 is 0 Å². The number of carbonyl (C=O) groups excluding carboxylic acids is 1. The number of nitrogens with one attached hydrogen (secondary N) is 2. The lowest BCUT2D eigenvalue weighted by atomic mass is 9.99. The Labute approximate surface area is 173 Å². The zero-order valence-electron chi connectivity index (χ0n) is 16.2. The van der Waals surface area contributed by atoms with Gasteiger partial charge < -0.3 is 10.4 Å². The van der Waals surface area contributed by atoms with Crippen molar-refractivity contribution in [2.24, 2.45) is 0 Å². The average molecular weight is 396 g/mol. The van der Waals surface area contributed by atoms with E-state index >= 15 is 0 Å². The molecule has 0 radical (unpaired) electrons. The van der Waals surface area contributed by atoms with Gasteiger partial charge in [0.15, 0.2) is 0 Å². The molecule has 0 fully saturated rings. The highest BCUT2D eigenvalue weighted by Crippen LogP contribution is 2.25. The van der Waals surface area contributed by atoms with Gasteiger partial charge in [0.05, 0.1) is 29.4 Å². The zero-order chi connectivity index (χ0) is 20.9. The number of amides is 1. The number of carbonyl (C=O) groups is 1. The van der Waals surface area contributed by atoms with Crippen LogP contribution in [0.5, 0.6) is 0 Å².